The fourth-order valence-electron chi connectivity index (χ4n) is 2.79. The second kappa shape index (κ2) is 4.66. The first kappa shape index (κ1) is 11.0. The summed E-state index contributed by atoms with van der Waals surface area (Å²) < 4.78 is 1.28. The minimum absolute atomic E-state index is 0.770. The molecule has 1 atom stereocenters. The van der Waals surface area contributed by atoms with Crippen LogP contribution in [0.25, 0.3) is 0 Å². The minimum Gasteiger partial charge on any atom is -0.0622 e. The maximum atomic E-state index is 3.66. The van der Waals surface area contributed by atoms with Gasteiger partial charge in [-0.15, -0.1) is 0 Å². The summed E-state index contributed by atoms with van der Waals surface area (Å²) in [7, 11) is 0. The number of fused-ring (bicyclic) bond motifs is 1. The van der Waals surface area contributed by atoms with Gasteiger partial charge in [-0.05, 0) is 47.9 Å². The van der Waals surface area contributed by atoms with Gasteiger partial charge in [0.2, 0.25) is 0 Å². The molecular weight excluding hydrogens is 272 g/mol. The van der Waals surface area contributed by atoms with E-state index in [-0.39, 0.29) is 0 Å². The number of halogens is 1. The molecule has 0 saturated carbocycles. The summed E-state index contributed by atoms with van der Waals surface area (Å²) in [6, 6.07) is 17.4. The number of hydrogen-bond acceptors (Lipinski definition) is 0. The normalized spacial score (nSPS) is 18.1. The van der Waals surface area contributed by atoms with Gasteiger partial charge in [0.1, 0.15) is 0 Å². The molecule has 0 nitrogen and oxygen atoms in total. The molecule has 0 bridgehead atoms. The lowest BCUT2D eigenvalue weighted by Crippen LogP contribution is -2.03. The Morgan fingerprint density at radius 1 is 0.941 bits per heavy atom. The Labute approximate surface area is 111 Å². The zero-order valence-corrected chi connectivity index (χ0v) is 11.3. The summed E-state index contributed by atoms with van der Waals surface area (Å²) in [5.41, 5.74) is 4.51. The average molecular weight is 287 g/mol. The zero-order chi connectivity index (χ0) is 11.7. The van der Waals surface area contributed by atoms with Crippen LogP contribution < -0.4 is 0 Å². The second-order valence-electron chi connectivity index (χ2n) is 4.84. The predicted molar refractivity (Wildman–Crippen MR) is 75.2 cm³/mol. The molecule has 0 aromatic heterocycles. The van der Waals surface area contributed by atoms with Crippen molar-refractivity contribution in [2.75, 3.05) is 0 Å². The van der Waals surface area contributed by atoms with E-state index in [9.17, 15) is 0 Å². The van der Waals surface area contributed by atoms with Crippen molar-refractivity contribution in [1.29, 1.82) is 0 Å². The Balaban J connectivity index is 1.77. The van der Waals surface area contributed by atoms with E-state index in [0.29, 0.717) is 0 Å². The summed E-state index contributed by atoms with van der Waals surface area (Å²) in [4.78, 5) is 0. The van der Waals surface area contributed by atoms with E-state index in [4.69, 9.17) is 0 Å². The molecule has 86 valence electrons. The minimum atomic E-state index is 0.770. The summed E-state index contributed by atoms with van der Waals surface area (Å²) >= 11 is 3.66. The Morgan fingerprint density at radius 3 is 2.53 bits per heavy atom. The highest BCUT2D eigenvalue weighted by Gasteiger charge is 2.22. The first-order valence-electron chi connectivity index (χ1n) is 6.13. The van der Waals surface area contributed by atoms with Gasteiger partial charge in [0.15, 0.2) is 0 Å². The molecule has 17 heavy (non-hydrogen) atoms. The second-order valence-corrected chi connectivity index (χ2v) is 5.70. The first-order chi connectivity index (χ1) is 8.33. The van der Waals surface area contributed by atoms with Gasteiger partial charge >= 0.3 is 0 Å². The third kappa shape index (κ3) is 2.30. The summed E-state index contributed by atoms with van der Waals surface area (Å²) in [6.45, 7) is 0. The molecule has 0 fully saturated rings. The van der Waals surface area contributed by atoms with Crippen molar-refractivity contribution in [2.24, 2.45) is 5.92 Å². The van der Waals surface area contributed by atoms with E-state index in [2.05, 4.69) is 64.5 Å². The SMILES string of the molecule is Brc1cccc2c1C[C@H](Cc1ccccc1)C2. The largest absolute Gasteiger partial charge is 0.0622 e. The monoisotopic (exact) mass is 286 g/mol. The van der Waals surface area contributed by atoms with Gasteiger partial charge in [-0.1, -0.05) is 58.4 Å². The third-order valence-electron chi connectivity index (χ3n) is 3.58. The number of benzene rings is 2. The lowest BCUT2D eigenvalue weighted by molar-refractivity contribution is 0.559. The van der Waals surface area contributed by atoms with E-state index in [1.165, 1.54) is 40.4 Å². The van der Waals surface area contributed by atoms with Crippen LogP contribution in [0.1, 0.15) is 16.7 Å². The van der Waals surface area contributed by atoms with Crippen LogP contribution in [0.4, 0.5) is 0 Å². The van der Waals surface area contributed by atoms with Crippen molar-refractivity contribution in [3.05, 3.63) is 69.7 Å². The molecule has 0 unspecified atom stereocenters. The van der Waals surface area contributed by atoms with E-state index in [1.54, 1.807) is 0 Å². The molecule has 0 spiro atoms. The fraction of sp³-hybridized carbons (Fsp3) is 0.250. The van der Waals surface area contributed by atoms with Crippen molar-refractivity contribution < 1.29 is 0 Å². The predicted octanol–water partition coefficient (Wildman–Crippen LogP) is 4.41. The van der Waals surface area contributed by atoms with Crippen molar-refractivity contribution in [3.8, 4) is 0 Å². The molecule has 2 aromatic rings. The van der Waals surface area contributed by atoms with E-state index < -0.39 is 0 Å². The van der Waals surface area contributed by atoms with Crippen molar-refractivity contribution in [3.63, 3.8) is 0 Å². The highest BCUT2D eigenvalue weighted by atomic mass is 79.9. The molecular formula is C16H15Br. The van der Waals surface area contributed by atoms with Crippen LogP contribution in [-0.2, 0) is 19.3 Å². The molecule has 0 saturated heterocycles. The lowest BCUT2D eigenvalue weighted by atomic mass is 9.97. The highest BCUT2D eigenvalue weighted by molar-refractivity contribution is 9.10. The zero-order valence-electron chi connectivity index (χ0n) is 9.70. The molecule has 0 aliphatic heterocycles. The van der Waals surface area contributed by atoms with Gasteiger partial charge in [0, 0.05) is 4.47 Å². The van der Waals surface area contributed by atoms with E-state index in [0.717, 1.165) is 5.92 Å². The van der Waals surface area contributed by atoms with Gasteiger partial charge in [0.05, 0.1) is 0 Å². The fourth-order valence-corrected chi connectivity index (χ4v) is 3.36. The standard InChI is InChI=1S/C16H15Br/c17-16-8-4-7-14-10-13(11-15(14)16)9-12-5-2-1-3-6-12/h1-8,13H,9-11H2/t13-/m1/s1. The molecule has 0 radical (unpaired) electrons. The molecule has 1 aliphatic carbocycles. The highest BCUT2D eigenvalue weighted by Crippen LogP contribution is 2.33. The summed E-state index contributed by atoms with van der Waals surface area (Å²) in [5, 5.41) is 0. The third-order valence-corrected chi connectivity index (χ3v) is 4.33. The first-order valence-corrected chi connectivity index (χ1v) is 6.92. The maximum absolute atomic E-state index is 3.66. The quantitative estimate of drug-likeness (QED) is 0.767. The van der Waals surface area contributed by atoms with E-state index in [1.807, 2.05) is 0 Å². The molecule has 3 rings (SSSR count). The van der Waals surface area contributed by atoms with Gasteiger partial charge in [-0.2, -0.15) is 0 Å². The maximum Gasteiger partial charge on any atom is 0.0210 e. The topological polar surface area (TPSA) is 0 Å². The Kier molecular flexibility index (Phi) is 3.02. The molecule has 0 N–H and O–H groups in total. The van der Waals surface area contributed by atoms with Gasteiger partial charge in [-0.3, -0.25) is 0 Å². The van der Waals surface area contributed by atoms with Crippen LogP contribution in [0.3, 0.4) is 0 Å². The molecule has 2 aromatic carbocycles. The van der Waals surface area contributed by atoms with Crippen LogP contribution in [0.15, 0.2) is 53.0 Å². The van der Waals surface area contributed by atoms with Crippen LogP contribution in [-0.4, -0.2) is 0 Å². The van der Waals surface area contributed by atoms with Crippen LogP contribution in [0.2, 0.25) is 0 Å². The van der Waals surface area contributed by atoms with E-state index >= 15 is 0 Å². The Hall–Kier alpha value is -1.08. The van der Waals surface area contributed by atoms with Gasteiger partial charge in [-0.25, -0.2) is 0 Å². The summed E-state index contributed by atoms with van der Waals surface area (Å²) in [6.07, 6.45) is 3.64. The molecule has 1 heteroatoms. The molecule has 0 heterocycles. The number of rotatable bonds is 2. The van der Waals surface area contributed by atoms with Crippen molar-refractivity contribution >= 4 is 15.9 Å². The van der Waals surface area contributed by atoms with Crippen molar-refractivity contribution in [1.82, 2.24) is 0 Å². The smallest absolute Gasteiger partial charge is 0.0210 e. The van der Waals surface area contributed by atoms with Gasteiger partial charge in [0.25, 0.3) is 0 Å². The number of hydrogen-bond donors (Lipinski definition) is 0. The lowest BCUT2D eigenvalue weighted by Gasteiger charge is -2.08. The molecule has 0 amide bonds. The molecule has 1 aliphatic rings. The van der Waals surface area contributed by atoms with Crippen LogP contribution >= 0.6 is 15.9 Å². The Bertz CT molecular complexity index is 516. The van der Waals surface area contributed by atoms with Gasteiger partial charge < -0.3 is 0 Å². The van der Waals surface area contributed by atoms with Crippen LogP contribution in [0.5, 0.6) is 0 Å². The average Bonchev–Trinajstić information content (AvgIpc) is 2.74. The van der Waals surface area contributed by atoms with Crippen LogP contribution in [0, 0.1) is 5.92 Å². The summed E-state index contributed by atoms with van der Waals surface area (Å²) in [5.74, 6) is 0.770. The Morgan fingerprint density at radius 2 is 1.76 bits per heavy atom. The van der Waals surface area contributed by atoms with Crippen molar-refractivity contribution in [2.45, 2.75) is 19.3 Å².